The number of hydrogen-bond donors (Lipinski definition) is 1. The first-order valence-corrected chi connectivity index (χ1v) is 7.81. The number of nitro benzene ring substituents is 1. The number of sulfonamides is 1. The summed E-state index contributed by atoms with van der Waals surface area (Å²) in [6.07, 6.45) is 0. The van der Waals surface area contributed by atoms with Crippen LogP contribution in [0.4, 0.5) is 5.69 Å². The predicted molar refractivity (Wildman–Crippen MR) is 79.0 cm³/mol. The van der Waals surface area contributed by atoms with E-state index in [1.54, 1.807) is 0 Å². The van der Waals surface area contributed by atoms with Crippen LogP contribution in [0.25, 0.3) is 0 Å². The highest BCUT2D eigenvalue weighted by Gasteiger charge is 2.30. The zero-order valence-corrected chi connectivity index (χ0v) is 13.7. The fourth-order valence-corrected chi connectivity index (χ4v) is 3.69. The molecule has 0 aromatic heterocycles. The summed E-state index contributed by atoms with van der Waals surface area (Å²) in [6, 6.07) is 2.18. The number of benzene rings is 1. The molecule has 1 rings (SSSR count). The Bertz CT molecular complexity index is 667. The van der Waals surface area contributed by atoms with Crippen molar-refractivity contribution in [2.75, 3.05) is 13.6 Å². The van der Waals surface area contributed by atoms with Crippen LogP contribution in [0.2, 0.25) is 5.02 Å². The topological polar surface area (TPSA) is 101 Å². The van der Waals surface area contributed by atoms with E-state index in [1.165, 1.54) is 33.9 Å². The molecule has 0 fully saturated rings. The Balaban J connectivity index is 3.38. The van der Waals surface area contributed by atoms with Gasteiger partial charge in [-0.25, -0.2) is 8.42 Å². The van der Waals surface area contributed by atoms with Crippen molar-refractivity contribution in [3.8, 4) is 0 Å². The predicted octanol–water partition coefficient (Wildman–Crippen LogP) is 1.95. The van der Waals surface area contributed by atoms with Gasteiger partial charge in [0.25, 0.3) is 5.69 Å². The van der Waals surface area contributed by atoms with Gasteiger partial charge in [0, 0.05) is 19.7 Å². The minimum Gasteiger partial charge on any atom is -0.389 e. The Hall–Kier alpha value is -1.22. The summed E-state index contributed by atoms with van der Waals surface area (Å²) in [4.78, 5) is 9.94. The molecule has 0 spiro atoms. The second kappa shape index (κ2) is 5.88. The quantitative estimate of drug-likeness (QED) is 0.654. The maximum absolute atomic E-state index is 12.5. The third-order valence-corrected chi connectivity index (χ3v) is 4.99. The Morgan fingerprint density at radius 2 is 1.95 bits per heavy atom. The number of nitrogens with zero attached hydrogens (tertiary/aromatic N) is 2. The van der Waals surface area contributed by atoms with Crippen molar-refractivity contribution in [2.24, 2.45) is 0 Å². The third kappa shape index (κ3) is 4.13. The van der Waals surface area contributed by atoms with Crippen LogP contribution in [0.5, 0.6) is 0 Å². The summed E-state index contributed by atoms with van der Waals surface area (Å²) < 4.78 is 25.9. The van der Waals surface area contributed by atoms with Crippen molar-refractivity contribution in [3.63, 3.8) is 0 Å². The maximum atomic E-state index is 12.5. The van der Waals surface area contributed by atoms with E-state index in [4.69, 9.17) is 11.6 Å². The minimum atomic E-state index is -3.97. The lowest BCUT2D eigenvalue weighted by molar-refractivity contribution is -0.384. The fourth-order valence-electron chi connectivity index (χ4n) is 1.86. The summed E-state index contributed by atoms with van der Waals surface area (Å²) >= 11 is 5.74. The van der Waals surface area contributed by atoms with Gasteiger partial charge < -0.3 is 5.11 Å². The first-order chi connectivity index (χ1) is 9.36. The molecular formula is C12H17ClN2O5S. The Morgan fingerprint density at radius 3 is 2.38 bits per heavy atom. The number of halogens is 1. The molecule has 1 N–H and O–H groups in total. The monoisotopic (exact) mass is 336 g/mol. The molecule has 0 radical (unpaired) electrons. The standard InChI is InChI=1S/C12H17ClN2O5S/c1-8-5-9(13)10(15(17)18)6-11(8)21(19,20)14(4)7-12(2,3)16/h5-6,16H,7H2,1-4H3. The SMILES string of the molecule is Cc1cc(Cl)c([N+](=O)[O-])cc1S(=O)(=O)N(C)CC(C)(C)O. The lowest BCUT2D eigenvalue weighted by atomic mass is 10.1. The number of aliphatic hydroxyl groups is 1. The Morgan fingerprint density at radius 1 is 1.43 bits per heavy atom. The van der Waals surface area contributed by atoms with Crippen molar-refractivity contribution < 1.29 is 18.4 Å². The number of nitro groups is 1. The van der Waals surface area contributed by atoms with Crippen LogP contribution in [0.3, 0.4) is 0 Å². The second-order valence-electron chi connectivity index (χ2n) is 5.40. The van der Waals surface area contributed by atoms with Gasteiger partial charge in [-0.3, -0.25) is 10.1 Å². The van der Waals surface area contributed by atoms with Gasteiger partial charge in [0.05, 0.1) is 15.4 Å². The number of rotatable bonds is 5. The van der Waals surface area contributed by atoms with Crippen LogP contribution < -0.4 is 0 Å². The van der Waals surface area contributed by atoms with Gasteiger partial charge in [-0.15, -0.1) is 0 Å². The minimum absolute atomic E-state index is 0.124. The molecule has 0 amide bonds. The summed E-state index contributed by atoms with van der Waals surface area (Å²) in [5, 5.41) is 20.5. The molecule has 1 aromatic rings. The normalized spacial score (nSPS) is 12.7. The highest BCUT2D eigenvalue weighted by atomic mass is 35.5. The Kier molecular flexibility index (Phi) is 4.99. The molecule has 7 nitrogen and oxygen atoms in total. The fraction of sp³-hybridized carbons (Fsp3) is 0.500. The summed E-state index contributed by atoms with van der Waals surface area (Å²) in [5.41, 5.74) is -1.40. The van der Waals surface area contributed by atoms with E-state index in [-0.39, 0.29) is 16.5 Å². The van der Waals surface area contributed by atoms with Crippen LogP contribution >= 0.6 is 11.6 Å². The number of likely N-dealkylation sites (N-methyl/N-ethyl adjacent to an activating group) is 1. The van der Waals surface area contributed by atoms with Crippen molar-refractivity contribution in [1.82, 2.24) is 4.31 Å². The molecule has 0 aliphatic rings. The maximum Gasteiger partial charge on any atom is 0.289 e. The van der Waals surface area contributed by atoms with Crippen molar-refractivity contribution in [3.05, 3.63) is 32.8 Å². The van der Waals surface area contributed by atoms with E-state index in [0.29, 0.717) is 5.56 Å². The highest BCUT2D eigenvalue weighted by Crippen LogP contribution is 2.31. The molecule has 0 saturated heterocycles. The van der Waals surface area contributed by atoms with Gasteiger partial charge in [0.1, 0.15) is 5.02 Å². The van der Waals surface area contributed by atoms with Crippen LogP contribution in [-0.2, 0) is 10.0 Å². The van der Waals surface area contributed by atoms with Gasteiger partial charge >= 0.3 is 0 Å². The highest BCUT2D eigenvalue weighted by molar-refractivity contribution is 7.89. The molecule has 21 heavy (non-hydrogen) atoms. The molecule has 0 bridgehead atoms. The lowest BCUT2D eigenvalue weighted by Gasteiger charge is -2.25. The lowest BCUT2D eigenvalue weighted by Crippen LogP contribution is -2.39. The molecular weight excluding hydrogens is 320 g/mol. The van der Waals surface area contributed by atoms with Gasteiger partial charge in [-0.2, -0.15) is 4.31 Å². The molecule has 118 valence electrons. The van der Waals surface area contributed by atoms with Crippen molar-refractivity contribution in [2.45, 2.75) is 31.3 Å². The van der Waals surface area contributed by atoms with Crippen LogP contribution in [-0.4, -0.2) is 41.9 Å². The molecule has 0 aliphatic heterocycles. The third-order valence-electron chi connectivity index (χ3n) is 2.74. The molecule has 1 aromatic carbocycles. The zero-order chi connectivity index (χ0) is 16.6. The van der Waals surface area contributed by atoms with Gasteiger partial charge in [0.2, 0.25) is 10.0 Å². The molecule has 0 atom stereocenters. The average molecular weight is 337 g/mol. The number of hydrogen-bond acceptors (Lipinski definition) is 5. The summed E-state index contributed by atoms with van der Waals surface area (Å²) in [6.45, 7) is 4.29. The van der Waals surface area contributed by atoms with E-state index in [9.17, 15) is 23.6 Å². The summed E-state index contributed by atoms with van der Waals surface area (Å²) in [5.74, 6) is 0. The van der Waals surface area contributed by atoms with E-state index >= 15 is 0 Å². The largest absolute Gasteiger partial charge is 0.389 e. The zero-order valence-electron chi connectivity index (χ0n) is 12.1. The number of aryl methyl sites for hydroxylation is 1. The molecule has 0 unspecified atom stereocenters. The molecule has 0 saturated carbocycles. The molecule has 9 heteroatoms. The smallest absolute Gasteiger partial charge is 0.289 e. The summed E-state index contributed by atoms with van der Waals surface area (Å²) in [7, 11) is -2.67. The van der Waals surface area contributed by atoms with Gasteiger partial charge in [-0.05, 0) is 32.4 Å². The van der Waals surface area contributed by atoms with Gasteiger partial charge in [-0.1, -0.05) is 11.6 Å². The van der Waals surface area contributed by atoms with Crippen LogP contribution in [0, 0.1) is 17.0 Å². The van der Waals surface area contributed by atoms with Crippen molar-refractivity contribution in [1.29, 1.82) is 0 Å². The average Bonchev–Trinajstić information content (AvgIpc) is 2.25. The molecule has 0 aliphatic carbocycles. The van der Waals surface area contributed by atoms with E-state index in [2.05, 4.69) is 0 Å². The van der Waals surface area contributed by atoms with E-state index in [0.717, 1.165) is 10.4 Å². The first-order valence-electron chi connectivity index (χ1n) is 5.99. The molecule has 0 heterocycles. The van der Waals surface area contributed by atoms with E-state index < -0.39 is 26.2 Å². The van der Waals surface area contributed by atoms with Gasteiger partial charge in [0.15, 0.2) is 0 Å². The van der Waals surface area contributed by atoms with Crippen LogP contribution in [0.1, 0.15) is 19.4 Å². The van der Waals surface area contributed by atoms with Crippen LogP contribution in [0.15, 0.2) is 17.0 Å². The Labute approximate surface area is 128 Å². The van der Waals surface area contributed by atoms with E-state index in [1.807, 2.05) is 0 Å². The first kappa shape index (κ1) is 17.8. The van der Waals surface area contributed by atoms with Crippen molar-refractivity contribution >= 4 is 27.3 Å². The second-order valence-corrected chi connectivity index (χ2v) is 7.82.